The number of carbonyl (C=O) groups is 1. The first-order valence-corrected chi connectivity index (χ1v) is 8.24. The van der Waals surface area contributed by atoms with Crippen LogP contribution in [0.3, 0.4) is 0 Å². The fourth-order valence-electron chi connectivity index (χ4n) is 2.70. The first-order valence-electron chi connectivity index (χ1n) is 8.24. The van der Waals surface area contributed by atoms with Crippen molar-refractivity contribution >= 4 is 5.91 Å². The number of halogens is 3. The number of carbonyl (C=O) groups excluding carboxylic acids is 1. The highest BCUT2D eigenvalue weighted by atomic mass is 19.4. The maximum absolute atomic E-state index is 12.9. The van der Waals surface area contributed by atoms with Gasteiger partial charge in [-0.2, -0.15) is 13.2 Å². The summed E-state index contributed by atoms with van der Waals surface area (Å²) in [5, 5.41) is 3.67. The molecule has 148 valence electrons. The Kier molecular flexibility index (Phi) is 5.39. The highest BCUT2D eigenvalue weighted by Crippen LogP contribution is 2.22. The van der Waals surface area contributed by atoms with Crippen molar-refractivity contribution in [2.75, 3.05) is 6.54 Å². The second-order valence-corrected chi connectivity index (χ2v) is 6.12. The van der Waals surface area contributed by atoms with Gasteiger partial charge in [-0.1, -0.05) is 29.4 Å². The number of hydrogen-bond acceptors (Lipinski definition) is 5. The van der Waals surface area contributed by atoms with Gasteiger partial charge in [0.2, 0.25) is 5.91 Å². The van der Waals surface area contributed by atoms with Crippen LogP contribution in [-0.2, 0) is 17.9 Å². The number of aromatic nitrogens is 2. The van der Waals surface area contributed by atoms with E-state index in [0.717, 1.165) is 10.1 Å². The van der Waals surface area contributed by atoms with Gasteiger partial charge < -0.3 is 9.32 Å². The number of aryl methyl sites for hydroxylation is 1. The van der Waals surface area contributed by atoms with E-state index in [-0.39, 0.29) is 18.1 Å². The van der Waals surface area contributed by atoms with Crippen molar-refractivity contribution in [2.45, 2.75) is 26.2 Å². The quantitative estimate of drug-likeness (QED) is 0.641. The Morgan fingerprint density at radius 2 is 1.96 bits per heavy atom. The van der Waals surface area contributed by atoms with Crippen molar-refractivity contribution in [3.63, 3.8) is 0 Å². The Bertz CT molecular complexity index is 1010. The Morgan fingerprint density at radius 1 is 1.21 bits per heavy atom. The van der Waals surface area contributed by atoms with Gasteiger partial charge in [0.15, 0.2) is 5.82 Å². The minimum absolute atomic E-state index is 0.0707. The van der Waals surface area contributed by atoms with Crippen molar-refractivity contribution in [1.29, 1.82) is 0 Å². The molecule has 28 heavy (non-hydrogen) atoms. The monoisotopic (exact) mass is 395 g/mol. The lowest BCUT2D eigenvalue weighted by atomic mass is 10.1. The van der Waals surface area contributed by atoms with Gasteiger partial charge in [-0.05, 0) is 24.6 Å². The van der Waals surface area contributed by atoms with Gasteiger partial charge >= 0.3 is 11.9 Å². The van der Waals surface area contributed by atoms with Crippen LogP contribution in [-0.4, -0.2) is 33.3 Å². The van der Waals surface area contributed by atoms with Gasteiger partial charge in [-0.3, -0.25) is 9.32 Å². The molecule has 0 fully saturated rings. The SMILES string of the molecule is Cc1ccccc1-c1noc(=O)n1CC(=O)N(Cc1ccco1)CC(F)(F)F. The highest BCUT2D eigenvalue weighted by molar-refractivity contribution is 5.77. The lowest BCUT2D eigenvalue weighted by molar-refractivity contribution is -0.163. The number of benzene rings is 1. The summed E-state index contributed by atoms with van der Waals surface area (Å²) in [4.78, 5) is 25.2. The second kappa shape index (κ2) is 7.75. The molecule has 0 N–H and O–H groups in total. The number of furan rings is 1. The van der Waals surface area contributed by atoms with Gasteiger partial charge in [-0.15, -0.1) is 0 Å². The van der Waals surface area contributed by atoms with Crippen molar-refractivity contribution in [2.24, 2.45) is 0 Å². The van der Waals surface area contributed by atoms with Crippen molar-refractivity contribution in [1.82, 2.24) is 14.6 Å². The molecular formula is C18H16F3N3O4. The van der Waals surface area contributed by atoms with E-state index < -0.39 is 30.9 Å². The molecule has 0 atom stereocenters. The van der Waals surface area contributed by atoms with Crippen LogP contribution in [0.4, 0.5) is 13.2 Å². The molecule has 0 unspecified atom stereocenters. The smallest absolute Gasteiger partial charge is 0.442 e. The molecule has 10 heteroatoms. The maximum Gasteiger partial charge on any atom is 0.442 e. The molecular weight excluding hydrogens is 379 g/mol. The molecule has 2 aromatic heterocycles. The minimum Gasteiger partial charge on any atom is -0.467 e. The molecule has 0 saturated heterocycles. The Morgan fingerprint density at radius 3 is 2.61 bits per heavy atom. The highest BCUT2D eigenvalue weighted by Gasteiger charge is 2.34. The summed E-state index contributed by atoms with van der Waals surface area (Å²) in [6.07, 6.45) is -3.31. The van der Waals surface area contributed by atoms with E-state index in [2.05, 4.69) is 9.68 Å². The molecule has 0 spiro atoms. The van der Waals surface area contributed by atoms with Crippen LogP contribution in [0.1, 0.15) is 11.3 Å². The van der Waals surface area contributed by atoms with Gasteiger partial charge in [0.25, 0.3) is 0 Å². The zero-order valence-corrected chi connectivity index (χ0v) is 14.8. The molecule has 0 aliphatic heterocycles. The first kappa shape index (κ1) is 19.5. The Balaban J connectivity index is 1.89. The van der Waals surface area contributed by atoms with E-state index in [9.17, 15) is 22.8 Å². The predicted molar refractivity (Wildman–Crippen MR) is 91.1 cm³/mol. The maximum atomic E-state index is 12.9. The van der Waals surface area contributed by atoms with Gasteiger partial charge in [-0.25, -0.2) is 9.36 Å². The molecule has 0 bridgehead atoms. The van der Waals surface area contributed by atoms with Crippen LogP contribution >= 0.6 is 0 Å². The van der Waals surface area contributed by atoms with Crippen LogP contribution in [0, 0.1) is 6.92 Å². The molecule has 3 rings (SSSR count). The van der Waals surface area contributed by atoms with Crippen LogP contribution in [0.5, 0.6) is 0 Å². The van der Waals surface area contributed by atoms with Gasteiger partial charge in [0.05, 0.1) is 12.8 Å². The Labute approximate surface area is 157 Å². The summed E-state index contributed by atoms with van der Waals surface area (Å²) in [6.45, 7) is -0.742. The zero-order valence-electron chi connectivity index (χ0n) is 14.8. The lowest BCUT2D eigenvalue weighted by Crippen LogP contribution is -2.41. The molecule has 3 aromatic rings. The van der Waals surface area contributed by atoms with Crippen LogP contribution in [0.2, 0.25) is 0 Å². The number of hydrogen-bond donors (Lipinski definition) is 0. The third kappa shape index (κ3) is 4.51. The Hall–Kier alpha value is -3.30. The minimum atomic E-state index is -4.61. The van der Waals surface area contributed by atoms with E-state index in [1.165, 1.54) is 18.4 Å². The van der Waals surface area contributed by atoms with Crippen LogP contribution in [0.15, 0.2) is 56.4 Å². The first-order chi connectivity index (χ1) is 13.2. The fourth-order valence-corrected chi connectivity index (χ4v) is 2.70. The summed E-state index contributed by atoms with van der Waals surface area (Å²) < 4.78 is 49.4. The average molecular weight is 395 g/mol. The topological polar surface area (TPSA) is 81.5 Å². The third-order valence-electron chi connectivity index (χ3n) is 4.02. The normalized spacial score (nSPS) is 11.6. The molecule has 1 aromatic carbocycles. The summed E-state index contributed by atoms with van der Waals surface area (Å²) >= 11 is 0. The second-order valence-electron chi connectivity index (χ2n) is 6.12. The number of nitrogens with zero attached hydrogens (tertiary/aromatic N) is 3. The van der Waals surface area contributed by atoms with Crippen molar-refractivity contribution in [3.05, 3.63) is 64.5 Å². The standard InChI is InChI=1S/C18H16F3N3O4/c1-12-5-2-3-7-14(12)16-22-28-17(26)24(16)10-15(25)23(11-18(19,20)21)9-13-6-4-8-27-13/h2-8H,9-11H2,1H3. The van der Waals surface area contributed by atoms with Gasteiger partial charge in [0.1, 0.15) is 18.8 Å². The van der Waals surface area contributed by atoms with E-state index in [4.69, 9.17) is 4.42 Å². The van der Waals surface area contributed by atoms with E-state index >= 15 is 0 Å². The molecule has 0 aliphatic carbocycles. The van der Waals surface area contributed by atoms with E-state index in [1.807, 2.05) is 0 Å². The molecule has 7 nitrogen and oxygen atoms in total. The molecule has 1 amide bonds. The molecule has 2 heterocycles. The summed E-state index contributed by atoms with van der Waals surface area (Å²) in [5.74, 6) is -1.60. The molecule has 0 aliphatic rings. The summed E-state index contributed by atoms with van der Waals surface area (Å²) in [5.41, 5.74) is 1.30. The lowest BCUT2D eigenvalue weighted by Gasteiger charge is -2.23. The van der Waals surface area contributed by atoms with Gasteiger partial charge in [0, 0.05) is 5.56 Å². The van der Waals surface area contributed by atoms with Crippen LogP contribution in [0.25, 0.3) is 11.4 Å². The summed E-state index contributed by atoms with van der Waals surface area (Å²) in [7, 11) is 0. The fraction of sp³-hybridized carbons (Fsp3) is 0.278. The molecule has 0 saturated carbocycles. The van der Waals surface area contributed by atoms with E-state index in [1.54, 1.807) is 31.2 Å². The number of alkyl halides is 3. The van der Waals surface area contributed by atoms with Crippen molar-refractivity contribution in [3.8, 4) is 11.4 Å². The predicted octanol–water partition coefficient (Wildman–Crippen LogP) is 3.00. The average Bonchev–Trinajstić information content (AvgIpc) is 3.24. The van der Waals surface area contributed by atoms with Crippen molar-refractivity contribution < 1.29 is 26.9 Å². The number of amides is 1. The zero-order chi connectivity index (χ0) is 20.3. The van der Waals surface area contributed by atoms with E-state index in [0.29, 0.717) is 10.5 Å². The number of rotatable bonds is 6. The summed E-state index contributed by atoms with van der Waals surface area (Å²) in [6, 6.07) is 9.90. The largest absolute Gasteiger partial charge is 0.467 e. The van der Waals surface area contributed by atoms with Crippen LogP contribution < -0.4 is 5.76 Å². The third-order valence-corrected chi connectivity index (χ3v) is 4.02. The molecule has 0 radical (unpaired) electrons.